The van der Waals surface area contributed by atoms with E-state index in [4.69, 9.17) is 21.1 Å². The minimum atomic E-state index is -0.500. The Balaban J connectivity index is 2.71. The lowest BCUT2D eigenvalue weighted by molar-refractivity contribution is -0.143. The van der Waals surface area contributed by atoms with Gasteiger partial charge in [-0.15, -0.1) is 0 Å². The van der Waals surface area contributed by atoms with Gasteiger partial charge in [0.15, 0.2) is 0 Å². The maximum atomic E-state index is 12.0. The molecule has 1 rings (SSSR count). The molecule has 0 spiro atoms. The van der Waals surface area contributed by atoms with Crippen molar-refractivity contribution in [1.29, 1.82) is 0 Å². The number of rotatable bonds is 9. The molecule has 6 nitrogen and oxygen atoms in total. The van der Waals surface area contributed by atoms with Gasteiger partial charge in [0.2, 0.25) is 0 Å². The summed E-state index contributed by atoms with van der Waals surface area (Å²) >= 11 is 5.98. The molecule has 0 aromatic heterocycles. The van der Waals surface area contributed by atoms with Crippen molar-refractivity contribution in [3.63, 3.8) is 0 Å². The van der Waals surface area contributed by atoms with E-state index in [1.807, 2.05) is 13.0 Å². The minimum Gasteiger partial charge on any atom is -0.466 e. The van der Waals surface area contributed by atoms with E-state index in [9.17, 15) is 9.59 Å². The Bertz CT molecular complexity index is 602. The quantitative estimate of drug-likeness (QED) is 0.415. The number of nitrogens with zero attached hydrogens (tertiary/aromatic N) is 1. The fourth-order valence-corrected chi connectivity index (χ4v) is 2.02. The van der Waals surface area contributed by atoms with E-state index in [2.05, 4.69) is 10.5 Å². The van der Waals surface area contributed by atoms with Gasteiger partial charge in [0.05, 0.1) is 18.9 Å². The maximum absolute atomic E-state index is 12.0. The number of hydrogen-bond donors (Lipinski definition) is 1. The van der Waals surface area contributed by atoms with Gasteiger partial charge in [0.1, 0.15) is 5.71 Å². The molecule has 0 atom stereocenters. The third-order valence-corrected chi connectivity index (χ3v) is 3.51. The van der Waals surface area contributed by atoms with Crippen molar-refractivity contribution in [2.24, 2.45) is 5.10 Å². The van der Waals surface area contributed by atoms with E-state index < -0.39 is 5.97 Å². The average molecular weight is 355 g/mol. The number of ether oxygens (including phenoxy) is 2. The van der Waals surface area contributed by atoms with Gasteiger partial charge in [-0.25, -0.2) is 4.79 Å². The second-order valence-electron chi connectivity index (χ2n) is 5.01. The zero-order chi connectivity index (χ0) is 17.9. The largest absolute Gasteiger partial charge is 0.466 e. The summed E-state index contributed by atoms with van der Waals surface area (Å²) < 4.78 is 9.86. The molecule has 0 aliphatic rings. The first-order valence-corrected chi connectivity index (χ1v) is 8.27. The third kappa shape index (κ3) is 7.00. The summed E-state index contributed by atoms with van der Waals surface area (Å²) in [4.78, 5) is 23.3. The normalized spacial score (nSPS) is 11.1. The van der Waals surface area contributed by atoms with Crippen molar-refractivity contribution in [2.45, 2.75) is 40.0 Å². The number of esters is 2. The van der Waals surface area contributed by atoms with Crippen molar-refractivity contribution < 1.29 is 19.1 Å². The number of anilines is 1. The summed E-state index contributed by atoms with van der Waals surface area (Å²) in [6.45, 7) is 5.96. The van der Waals surface area contributed by atoms with Gasteiger partial charge in [-0.05, 0) is 57.4 Å². The smallest absolute Gasteiger partial charge is 0.354 e. The van der Waals surface area contributed by atoms with Crippen LogP contribution in [0.5, 0.6) is 0 Å². The first-order valence-electron chi connectivity index (χ1n) is 7.89. The monoisotopic (exact) mass is 354 g/mol. The molecule has 0 saturated heterocycles. The number of hydrogen-bond acceptors (Lipinski definition) is 6. The first-order chi connectivity index (χ1) is 11.5. The Morgan fingerprint density at radius 1 is 1.17 bits per heavy atom. The van der Waals surface area contributed by atoms with E-state index >= 15 is 0 Å². The molecule has 132 valence electrons. The second-order valence-corrected chi connectivity index (χ2v) is 5.42. The number of carbonyl (C=O) groups excluding carboxylic acids is 2. The molecule has 0 aliphatic carbocycles. The number of nitrogens with one attached hydrogen (secondary N) is 1. The molecule has 0 heterocycles. The zero-order valence-electron chi connectivity index (χ0n) is 14.2. The summed E-state index contributed by atoms with van der Waals surface area (Å²) in [6.07, 6.45) is 1.00. The number of carbonyl (C=O) groups is 2. The van der Waals surface area contributed by atoms with Crippen molar-refractivity contribution in [3.05, 3.63) is 28.8 Å². The molecular weight excluding hydrogens is 332 g/mol. The minimum absolute atomic E-state index is 0.228. The Labute approximate surface area is 147 Å². The molecule has 0 bridgehead atoms. The Morgan fingerprint density at radius 2 is 1.88 bits per heavy atom. The van der Waals surface area contributed by atoms with Gasteiger partial charge in [-0.3, -0.25) is 10.2 Å². The summed E-state index contributed by atoms with van der Waals surface area (Å²) in [6, 6.07) is 5.34. The van der Waals surface area contributed by atoms with Crippen LogP contribution in [0.15, 0.2) is 23.3 Å². The summed E-state index contributed by atoms with van der Waals surface area (Å²) in [5.41, 5.74) is 4.67. The maximum Gasteiger partial charge on any atom is 0.354 e. The van der Waals surface area contributed by atoms with Crippen LogP contribution in [0.1, 0.15) is 38.7 Å². The van der Waals surface area contributed by atoms with E-state index in [0.717, 1.165) is 5.56 Å². The van der Waals surface area contributed by atoms with Crippen LogP contribution in [0.3, 0.4) is 0 Å². The molecule has 7 heteroatoms. The Morgan fingerprint density at radius 3 is 2.50 bits per heavy atom. The fraction of sp³-hybridized carbons (Fsp3) is 0.471. The second kappa shape index (κ2) is 10.6. The van der Waals surface area contributed by atoms with Gasteiger partial charge in [0, 0.05) is 11.4 Å². The van der Waals surface area contributed by atoms with Crippen LogP contribution in [-0.4, -0.2) is 30.9 Å². The van der Waals surface area contributed by atoms with Gasteiger partial charge in [-0.2, -0.15) is 5.10 Å². The van der Waals surface area contributed by atoms with Crippen LogP contribution in [0.4, 0.5) is 5.69 Å². The molecule has 0 fully saturated rings. The van der Waals surface area contributed by atoms with Crippen molar-refractivity contribution >= 4 is 34.9 Å². The lowest BCUT2D eigenvalue weighted by atomic mass is 10.1. The Hall–Kier alpha value is -2.08. The summed E-state index contributed by atoms with van der Waals surface area (Å²) in [7, 11) is 0. The molecule has 0 saturated carbocycles. The van der Waals surface area contributed by atoms with Gasteiger partial charge in [-0.1, -0.05) is 11.6 Å². The third-order valence-electron chi connectivity index (χ3n) is 3.09. The fourth-order valence-electron chi connectivity index (χ4n) is 1.90. The van der Waals surface area contributed by atoms with E-state index in [0.29, 0.717) is 30.2 Å². The zero-order valence-corrected chi connectivity index (χ0v) is 15.0. The Kier molecular flexibility index (Phi) is 8.86. The summed E-state index contributed by atoms with van der Waals surface area (Å²) in [5, 5.41) is 4.78. The number of benzene rings is 1. The van der Waals surface area contributed by atoms with E-state index in [1.54, 1.807) is 26.0 Å². The van der Waals surface area contributed by atoms with Crippen LogP contribution in [0.2, 0.25) is 5.02 Å². The van der Waals surface area contributed by atoms with Gasteiger partial charge >= 0.3 is 11.9 Å². The lowest BCUT2D eigenvalue weighted by Gasteiger charge is -2.08. The average Bonchev–Trinajstić information content (AvgIpc) is 2.54. The predicted molar refractivity (Wildman–Crippen MR) is 94.4 cm³/mol. The molecule has 0 radical (unpaired) electrons. The molecular formula is C17H23ClN2O4. The van der Waals surface area contributed by atoms with E-state index in [-0.39, 0.29) is 24.7 Å². The van der Waals surface area contributed by atoms with Crippen LogP contribution in [0, 0.1) is 6.92 Å². The molecule has 1 aromatic rings. The lowest BCUT2D eigenvalue weighted by Crippen LogP contribution is -2.19. The highest BCUT2D eigenvalue weighted by molar-refractivity contribution is 6.36. The SMILES string of the molecule is CCOC(=O)CCC/C(=N\Nc1ccc(Cl)c(C)c1)C(=O)OCC. The van der Waals surface area contributed by atoms with Crippen molar-refractivity contribution in [3.8, 4) is 0 Å². The first kappa shape index (κ1) is 20.0. The molecule has 0 aliphatic heterocycles. The van der Waals surface area contributed by atoms with Crippen LogP contribution in [-0.2, 0) is 19.1 Å². The van der Waals surface area contributed by atoms with E-state index in [1.165, 1.54) is 0 Å². The number of halogens is 1. The topological polar surface area (TPSA) is 77.0 Å². The van der Waals surface area contributed by atoms with Crippen LogP contribution in [0.25, 0.3) is 0 Å². The summed E-state index contributed by atoms with van der Waals surface area (Å²) in [5.74, 6) is -0.790. The van der Waals surface area contributed by atoms with Gasteiger partial charge < -0.3 is 9.47 Å². The highest BCUT2D eigenvalue weighted by Gasteiger charge is 2.14. The molecule has 0 unspecified atom stereocenters. The number of aryl methyl sites for hydroxylation is 1. The standard InChI is InChI=1S/C17H23ClN2O4/c1-4-23-16(21)8-6-7-15(17(22)24-5-2)20-19-13-9-10-14(18)12(3)11-13/h9-11,19H,4-8H2,1-3H3/b20-15+. The van der Waals surface area contributed by atoms with Crippen LogP contribution < -0.4 is 5.43 Å². The molecule has 24 heavy (non-hydrogen) atoms. The highest BCUT2D eigenvalue weighted by atomic mass is 35.5. The molecule has 1 aromatic carbocycles. The molecule has 1 N–H and O–H groups in total. The van der Waals surface area contributed by atoms with Gasteiger partial charge in [0.25, 0.3) is 0 Å². The predicted octanol–water partition coefficient (Wildman–Crippen LogP) is 3.71. The molecule has 0 amide bonds. The number of hydrazone groups is 1. The van der Waals surface area contributed by atoms with Crippen molar-refractivity contribution in [2.75, 3.05) is 18.6 Å². The van der Waals surface area contributed by atoms with Crippen LogP contribution >= 0.6 is 11.6 Å². The highest BCUT2D eigenvalue weighted by Crippen LogP contribution is 2.19. The van der Waals surface area contributed by atoms with Crippen molar-refractivity contribution in [1.82, 2.24) is 0 Å².